The van der Waals surface area contributed by atoms with Crippen molar-refractivity contribution in [3.63, 3.8) is 0 Å². The Morgan fingerprint density at radius 2 is 1.68 bits per heavy atom. The van der Waals surface area contributed by atoms with E-state index in [4.69, 9.17) is 14.2 Å². The summed E-state index contributed by atoms with van der Waals surface area (Å²) in [5.41, 5.74) is 0.629. The molecule has 0 heterocycles. The van der Waals surface area contributed by atoms with Crippen molar-refractivity contribution in [2.24, 2.45) is 46.3 Å². The van der Waals surface area contributed by atoms with E-state index in [1.807, 2.05) is 12.1 Å². The van der Waals surface area contributed by atoms with Crippen LogP contribution in [0.5, 0.6) is 11.5 Å². The number of rotatable bonds is 8. The van der Waals surface area contributed by atoms with Gasteiger partial charge in [-0.25, -0.2) is 0 Å². The lowest BCUT2D eigenvalue weighted by Crippen LogP contribution is -2.62. The summed E-state index contributed by atoms with van der Waals surface area (Å²) in [5, 5.41) is 33.6. The van der Waals surface area contributed by atoms with Gasteiger partial charge in [0.25, 0.3) is 0 Å². The fourth-order valence-electron chi connectivity index (χ4n) is 9.86. The molecule has 0 saturated heterocycles. The van der Waals surface area contributed by atoms with Crippen LogP contribution < -0.4 is 9.47 Å². The number of ether oxygens (including phenoxy) is 3. The summed E-state index contributed by atoms with van der Waals surface area (Å²) in [4.78, 5) is 12.7. The Morgan fingerprint density at radius 3 is 2.35 bits per heavy atom. The van der Waals surface area contributed by atoms with Gasteiger partial charge in [0.1, 0.15) is 18.1 Å². The van der Waals surface area contributed by atoms with Crippen LogP contribution in [0, 0.1) is 46.3 Å². The number of aliphatic hydroxyl groups is 3. The maximum atomic E-state index is 12.7. The first kappa shape index (κ1) is 29.7. The van der Waals surface area contributed by atoms with Crippen LogP contribution in [0.1, 0.15) is 84.1 Å². The summed E-state index contributed by atoms with van der Waals surface area (Å²) in [7, 11) is 3.19. The molecule has 0 aromatic heterocycles. The van der Waals surface area contributed by atoms with Crippen LogP contribution in [-0.2, 0) is 16.1 Å². The van der Waals surface area contributed by atoms with E-state index in [-0.39, 0.29) is 53.4 Å². The molecule has 7 heteroatoms. The van der Waals surface area contributed by atoms with E-state index in [0.717, 1.165) is 50.5 Å². The molecule has 4 aliphatic carbocycles. The minimum absolute atomic E-state index is 0.0751. The Kier molecular flexibility index (Phi) is 8.49. The smallest absolute Gasteiger partial charge is 0.306 e. The fourth-order valence-corrected chi connectivity index (χ4v) is 9.86. The first-order valence-electron chi connectivity index (χ1n) is 15.4. The second-order valence-corrected chi connectivity index (χ2v) is 13.9. The fraction of sp³-hybridized carbons (Fsp3) is 0.788. The lowest BCUT2D eigenvalue weighted by molar-refractivity contribution is -0.207. The number of fused-ring (bicyclic) bond motifs is 5. The third kappa shape index (κ3) is 5.15. The zero-order valence-electron chi connectivity index (χ0n) is 25.0. The molecule has 4 fully saturated rings. The molecular weight excluding hydrogens is 508 g/mol. The number of carbonyl (C=O) groups excluding carboxylic acids is 1. The topological polar surface area (TPSA) is 105 Å². The highest BCUT2D eigenvalue weighted by molar-refractivity contribution is 5.69. The molecule has 1 aromatic carbocycles. The Labute approximate surface area is 239 Å². The predicted molar refractivity (Wildman–Crippen MR) is 152 cm³/mol. The second kappa shape index (κ2) is 11.4. The monoisotopic (exact) mass is 558 g/mol. The molecule has 5 rings (SSSR count). The van der Waals surface area contributed by atoms with Gasteiger partial charge in [-0.1, -0.05) is 20.8 Å². The molecule has 0 bridgehead atoms. The zero-order chi connectivity index (χ0) is 28.8. The van der Waals surface area contributed by atoms with Crippen LogP contribution >= 0.6 is 0 Å². The predicted octanol–water partition coefficient (Wildman–Crippen LogP) is 5.12. The molecule has 11 atom stereocenters. The molecule has 0 aliphatic heterocycles. The summed E-state index contributed by atoms with van der Waals surface area (Å²) in [5.74, 6) is 2.75. The molecule has 0 amide bonds. The molecule has 4 aliphatic rings. The van der Waals surface area contributed by atoms with Crippen LogP contribution in [-0.4, -0.2) is 53.8 Å². The number of aliphatic hydroxyl groups excluding tert-OH is 3. The average molecular weight is 559 g/mol. The maximum absolute atomic E-state index is 12.7. The number of methoxy groups -OCH3 is 2. The lowest BCUT2D eigenvalue weighted by atomic mass is 9.43. The van der Waals surface area contributed by atoms with E-state index in [0.29, 0.717) is 42.1 Å². The van der Waals surface area contributed by atoms with E-state index in [1.54, 1.807) is 20.3 Å². The van der Waals surface area contributed by atoms with Crippen molar-refractivity contribution >= 4 is 5.97 Å². The van der Waals surface area contributed by atoms with Gasteiger partial charge >= 0.3 is 5.97 Å². The Hall–Kier alpha value is -1.83. The third-order valence-electron chi connectivity index (χ3n) is 12.1. The van der Waals surface area contributed by atoms with Crippen molar-refractivity contribution in [1.82, 2.24) is 0 Å². The van der Waals surface area contributed by atoms with Crippen LogP contribution in [0.15, 0.2) is 18.2 Å². The van der Waals surface area contributed by atoms with Gasteiger partial charge in [-0.3, -0.25) is 4.79 Å². The lowest BCUT2D eigenvalue weighted by Gasteiger charge is -2.63. The number of benzene rings is 1. The van der Waals surface area contributed by atoms with Crippen molar-refractivity contribution in [3.05, 3.63) is 23.8 Å². The molecule has 1 aromatic rings. The van der Waals surface area contributed by atoms with Crippen molar-refractivity contribution < 1.29 is 34.3 Å². The molecule has 0 spiro atoms. The maximum Gasteiger partial charge on any atom is 0.306 e. The van der Waals surface area contributed by atoms with E-state index in [2.05, 4.69) is 20.8 Å². The van der Waals surface area contributed by atoms with Crippen molar-refractivity contribution in [1.29, 1.82) is 0 Å². The first-order valence-corrected chi connectivity index (χ1v) is 15.4. The molecule has 224 valence electrons. The van der Waals surface area contributed by atoms with Crippen LogP contribution in [0.2, 0.25) is 0 Å². The van der Waals surface area contributed by atoms with Gasteiger partial charge < -0.3 is 29.5 Å². The van der Waals surface area contributed by atoms with Gasteiger partial charge in [0.15, 0.2) is 0 Å². The molecule has 0 unspecified atom stereocenters. The highest BCUT2D eigenvalue weighted by atomic mass is 16.5. The van der Waals surface area contributed by atoms with E-state index in [1.165, 1.54) is 0 Å². The molecule has 4 saturated carbocycles. The molecule has 7 nitrogen and oxygen atoms in total. The number of hydrogen-bond acceptors (Lipinski definition) is 7. The number of esters is 1. The summed E-state index contributed by atoms with van der Waals surface area (Å²) >= 11 is 0. The molecule has 40 heavy (non-hydrogen) atoms. The van der Waals surface area contributed by atoms with Crippen molar-refractivity contribution in [2.45, 2.75) is 103 Å². The SMILES string of the molecule is COc1cc(COC(=O)CC[C@@H](C)[C@H]2CC[C@H]3[C@@H]4[C@H](O)C[C@@H]5C[C@H](O)CC[C@]5(C)[C@H]4C[C@H](O)[C@]23C)cc(OC)c1. The summed E-state index contributed by atoms with van der Waals surface area (Å²) < 4.78 is 16.2. The van der Waals surface area contributed by atoms with Crippen LogP contribution in [0.3, 0.4) is 0 Å². The van der Waals surface area contributed by atoms with E-state index in [9.17, 15) is 20.1 Å². The van der Waals surface area contributed by atoms with Crippen molar-refractivity contribution in [2.75, 3.05) is 14.2 Å². The second-order valence-electron chi connectivity index (χ2n) is 13.9. The first-order chi connectivity index (χ1) is 19.0. The van der Waals surface area contributed by atoms with Crippen LogP contribution in [0.25, 0.3) is 0 Å². The average Bonchev–Trinajstić information content (AvgIpc) is 3.30. The molecule has 0 radical (unpaired) electrons. The minimum Gasteiger partial charge on any atom is -0.497 e. The highest BCUT2D eigenvalue weighted by Crippen LogP contribution is 2.68. The highest BCUT2D eigenvalue weighted by Gasteiger charge is 2.65. The van der Waals surface area contributed by atoms with Gasteiger partial charge in [-0.2, -0.15) is 0 Å². The Balaban J connectivity index is 1.22. The Morgan fingerprint density at radius 1 is 0.975 bits per heavy atom. The van der Waals surface area contributed by atoms with Gasteiger partial charge in [0.2, 0.25) is 0 Å². The normalized spacial score (nSPS) is 41.3. The Bertz CT molecular complexity index is 1040. The largest absolute Gasteiger partial charge is 0.497 e. The third-order valence-corrected chi connectivity index (χ3v) is 12.1. The van der Waals surface area contributed by atoms with Gasteiger partial charge in [-0.15, -0.1) is 0 Å². The van der Waals surface area contributed by atoms with E-state index < -0.39 is 6.10 Å². The number of hydrogen-bond donors (Lipinski definition) is 3. The summed E-state index contributed by atoms with van der Waals surface area (Å²) in [6, 6.07) is 5.47. The summed E-state index contributed by atoms with van der Waals surface area (Å²) in [6.45, 7) is 7.01. The van der Waals surface area contributed by atoms with Gasteiger partial charge in [0.05, 0.1) is 32.5 Å². The zero-order valence-corrected chi connectivity index (χ0v) is 25.0. The number of carbonyl (C=O) groups is 1. The van der Waals surface area contributed by atoms with Crippen molar-refractivity contribution in [3.8, 4) is 11.5 Å². The van der Waals surface area contributed by atoms with Gasteiger partial charge in [-0.05, 0) is 115 Å². The molecular formula is C33H50O7. The van der Waals surface area contributed by atoms with E-state index >= 15 is 0 Å². The van der Waals surface area contributed by atoms with Gasteiger partial charge in [0, 0.05) is 12.5 Å². The standard InChI is InChI=1S/C33H50O7/c1-19(6-9-30(37)40-18-20-12-23(38-4)16-24(13-20)39-5)25-7-8-26-31-27(17-29(36)33(25,26)3)32(2)11-10-22(34)14-21(32)15-28(31)35/h12-13,16,19,21-22,25-29,31,34-36H,6-11,14-15,17-18H2,1-5H3/t19-,21+,22-,25-,26+,27+,28-,29+,31+,32+,33-/m1/s1. The summed E-state index contributed by atoms with van der Waals surface area (Å²) in [6.07, 6.45) is 6.12. The van der Waals surface area contributed by atoms with Crippen LogP contribution in [0.4, 0.5) is 0 Å². The molecule has 3 N–H and O–H groups in total. The quantitative estimate of drug-likeness (QED) is 0.380. The minimum atomic E-state index is -0.418.